The molecule has 0 unspecified atom stereocenters. The van der Waals surface area contributed by atoms with Crippen LogP contribution in [0.3, 0.4) is 0 Å². The quantitative estimate of drug-likeness (QED) is 0.477. The zero-order valence-corrected chi connectivity index (χ0v) is 16.4. The number of carbonyl (C=O) groups is 3. The Bertz CT molecular complexity index is 1040. The monoisotopic (exact) mass is 465 g/mol. The molecule has 0 saturated heterocycles. The Morgan fingerprint density at radius 3 is 2.61 bits per heavy atom. The van der Waals surface area contributed by atoms with Crippen molar-refractivity contribution in [2.75, 3.05) is 11.9 Å². The van der Waals surface area contributed by atoms with Crippen molar-refractivity contribution in [2.24, 2.45) is 0 Å². The molecule has 2 heterocycles. The third kappa shape index (κ3) is 4.24. The number of hydrogen-bond acceptors (Lipinski definition) is 6. The van der Waals surface area contributed by atoms with Crippen molar-refractivity contribution in [3.05, 3.63) is 57.8 Å². The van der Waals surface area contributed by atoms with Gasteiger partial charge < -0.3 is 24.7 Å². The Balaban J connectivity index is 1.93. The van der Waals surface area contributed by atoms with Gasteiger partial charge in [0.2, 0.25) is 0 Å². The van der Waals surface area contributed by atoms with Gasteiger partial charge in [0.05, 0.1) is 15.6 Å². The number of halogens is 1. The molecule has 0 aliphatic carbocycles. The molecular formula is C18H12BrNO7S. The van der Waals surface area contributed by atoms with E-state index in [4.69, 9.17) is 14.3 Å². The second-order valence-electron chi connectivity index (χ2n) is 5.40. The maximum absolute atomic E-state index is 12.1. The number of hydrogen-bond donors (Lipinski definition) is 3. The maximum atomic E-state index is 12.1. The smallest absolute Gasteiger partial charge is 0.349 e. The third-order valence-electron chi connectivity index (χ3n) is 3.47. The standard InChI is InChI=1S/C18H12BrNO7S/c19-13-14(27-8-12(21)22)16(18(24)25)28-15(13)9-3-1-4-10(7-9)20-17(23)11-5-2-6-26-11/h1-7H,8H2,(H,20,23)(H,21,22)(H,24,25). The molecule has 0 atom stereocenters. The Morgan fingerprint density at radius 2 is 1.96 bits per heavy atom. The molecule has 1 aromatic carbocycles. The predicted molar refractivity (Wildman–Crippen MR) is 104 cm³/mol. The number of anilines is 1. The highest BCUT2D eigenvalue weighted by Crippen LogP contribution is 2.46. The fraction of sp³-hybridized carbons (Fsp3) is 0.0556. The number of rotatable bonds is 7. The fourth-order valence-corrected chi connectivity index (χ4v) is 4.21. The van der Waals surface area contributed by atoms with Gasteiger partial charge in [-0.05, 0) is 45.8 Å². The van der Waals surface area contributed by atoms with Gasteiger partial charge in [-0.3, -0.25) is 4.79 Å². The van der Waals surface area contributed by atoms with Crippen LogP contribution in [0.4, 0.5) is 5.69 Å². The van der Waals surface area contributed by atoms with Gasteiger partial charge in [-0.1, -0.05) is 12.1 Å². The number of carbonyl (C=O) groups excluding carboxylic acids is 1. The Labute approximate surface area is 170 Å². The van der Waals surface area contributed by atoms with E-state index in [0.29, 0.717) is 20.6 Å². The molecule has 28 heavy (non-hydrogen) atoms. The predicted octanol–water partition coefficient (Wildman–Crippen LogP) is 4.18. The van der Waals surface area contributed by atoms with Crippen LogP contribution in [-0.4, -0.2) is 34.7 Å². The zero-order chi connectivity index (χ0) is 20.3. The van der Waals surface area contributed by atoms with Crippen LogP contribution in [0.15, 0.2) is 51.6 Å². The molecule has 3 N–H and O–H groups in total. The molecule has 0 bridgehead atoms. The van der Waals surface area contributed by atoms with E-state index in [-0.39, 0.29) is 16.4 Å². The van der Waals surface area contributed by atoms with E-state index < -0.39 is 24.5 Å². The fourth-order valence-electron chi connectivity index (χ4n) is 2.32. The SMILES string of the molecule is O=C(O)COc1c(C(=O)O)sc(-c2cccc(NC(=O)c3ccco3)c2)c1Br. The first kappa shape index (κ1) is 19.6. The number of benzene rings is 1. The number of furan rings is 1. The van der Waals surface area contributed by atoms with Crippen molar-refractivity contribution in [3.8, 4) is 16.2 Å². The van der Waals surface area contributed by atoms with Crippen LogP contribution in [0.1, 0.15) is 20.2 Å². The topological polar surface area (TPSA) is 126 Å². The molecule has 0 radical (unpaired) electrons. The van der Waals surface area contributed by atoms with Crippen molar-refractivity contribution >= 4 is 50.8 Å². The van der Waals surface area contributed by atoms with Crippen molar-refractivity contribution in [1.82, 2.24) is 0 Å². The van der Waals surface area contributed by atoms with Crippen LogP contribution in [0.2, 0.25) is 0 Å². The van der Waals surface area contributed by atoms with Crippen LogP contribution in [0.25, 0.3) is 10.4 Å². The Kier molecular flexibility index (Phi) is 5.81. The summed E-state index contributed by atoms with van der Waals surface area (Å²) in [4.78, 5) is 34.8. The molecule has 3 aromatic rings. The average molecular weight is 466 g/mol. The lowest BCUT2D eigenvalue weighted by Crippen LogP contribution is -2.11. The largest absolute Gasteiger partial charge is 0.479 e. The van der Waals surface area contributed by atoms with E-state index in [1.807, 2.05) is 0 Å². The van der Waals surface area contributed by atoms with Gasteiger partial charge in [-0.15, -0.1) is 11.3 Å². The second-order valence-corrected chi connectivity index (χ2v) is 7.22. The average Bonchev–Trinajstić information content (AvgIpc) is 3.28. The lowest BCUT2D eigenvalue weighted by atomic mass is 10.1. The van der Waals surface area contributed by atoms with Crippen molar-refractivity contribution in [3.63, 3.8) is 0 Å². The van der Waals surface area contributed by atoms with Gasteiger partial charge in [0.25, 0.3) is 5.91 Å². The van der Waals surface area contributed by atoms with Crippen LogP contribution < -0.4 is 10.1 Å². The number of amides is 1. The molecule has 0 aliphatic heterocycles. The summed E-state index contributed by atoms with van der Waals surface area (Å²) >= 11 is 4.22. The van der Waals surface area contributed by atoms with E-state index in [2.05, 4.69) is 21.2 Å². The Morgan fingerprint density at radius 1 is 1.18 bits per heavy atom. The number of carboxylic acid groups (broad SMARTS) is 2. The number of aromatic carboxylic acids is 1. The highest BCUT2D eigenvalue weighted by molar-refractivity contribution is 9.10. The highest BCUT2D eigenvalue weighted by Gasteiger charge is 2.24. The lowest BCUT2D eigenvalue weighted by molar-refractivity contribution is -0.139. The molecule has 0 spiro atoms. The normalized spacial score (nSPS) is 10.5. The molecular weight excluding hydrogens is 454 g/mol. The van der Waals surface area contributed by atoms with Crippen LogP contribution in [0.5, 0.6) is 5.75 Å². The molecule has 0 saturated carbocycles. The van der Waals surface area contributed by atoms with Gasteiger partial charge in [0.15, 0.2) is 23.0 Å². The van der Waals surface area contributed by atoms with Crippen molar-refractivity contribution < 1.29 is 33.8 Å². The van der Waals surface area contributed by atoms with Gasteiger partial charge >= 0.3 is 11.9 Å². The van der Waals surface area contributed by atoms with Crippen LogP contribution in [-0.2, 0) is 4.79 Å². The first-order valence-electron chi connectivity index (χ1n) is 7.72. The summed E-state index contributed by atoms with van der Waals surface area (Å²) in [7, 11) is 0. The number of aliphatic carboxylic acids is 1. The summed E-state index contributed by atoms with van der Waals surface area (Å²) in [5.41, 5.74) is 1.09. The third-order valence-corrected chi connectivity index (χ3v) is 5.70. The van der Waals surface area contributed by atoms with Gasteiger partial charge in [-0.25, -0.2) is 9.59 Å². The van der Waals surface area contributed by atoms with E-state index in [0.717, 1.165) is 11.3 Å². The summed E-state index contributed by atoms with van der Waals surface area (Å²) in [6.45, 7) is -0.672. The summed E-state index contributed by atoms with van der Waals surface area (Å²) in [5.74, 6) is -2.79. The Hall–Kier alpha value is -3.11. The van der Waals surface area contributed by atoms with Crippen molar-refractivity contribution in [1.29, 1.82) is 0 Å². The highest BCUT2D eigenvalue weighted by atomic mass is 79.9. The summed E-state index contributed by atoms with van der Waals surface area (Å²) in [5, 5.41) is 20.9. The minimum Gasteiger partial charge on any atom is -0.479 e. The van der Waals surface area contributed by atoms with Gasteiger partial charge in [-0.2, -0.15) is 0 Å². The minimum atomic E-state index is -1.24. The number of thiophene rings is 1. The van der Waals surface area contributed by atoms with Crippen LogP contribution >= 0.6 is 27.3 Å². The molecule has 3 rings (SSSR count). The molecule has 0 aliphatic rings. The lowest BCUT2D eigenvalue weighted by Gasteiger charge is -2.06. The first-order chi connectivity index (χ1) is 13.4. The number of ether oxygens (including phenoxy) is 1. The molecule has 10 heteroatoms. The van der Waals surface area contributed by atoms with E-state index >= 15 is 0 Å². The number of carboxylic acids is 2. The van der Waals surface area contributed by atoms with Gasteiger partial charge in [0, 0.05) is 5.69 Å². The van der Waals surface area contributed by atoms with E-state index in [1.165, 1.54) is 12.3 Å². The first-order valence-corrected chi connectivity index (χ1v) is 9.33. The van der Waals surface area contributed by atoms with Crippen LogP contribution in [0, 0.1) is 0 Å². The minimum absolute atomic E-state index is 0.0556. The summed E-state index contributed by atoms with van der Waals surface area (Å²) in [6.07, 6.45) is 1.39. The zero-order valence-electron chi connectivity index (χ0n) is 14.0. The second kappa shape index (κ2) is 8.28. The summed E-state index contributed by atoms with van der Waals surface area (Å²) in [6, 6.07) is 9.87. The van der Waals surface area contributed by atoms with E-state index in [1.54, 1.807) is 30.3 Å². The van der Waals surface area contributed by atoms with E-state index in [9.17, 15) is 19.5 Å². The maximum Gasteiger partial charge on any atom is 0.349 e. The van der Waals surface area contributed by atoms with Crippen molar-refractivity contribution in [2.45, 2.75) is 0 Å². The number of nitrogens with one attached hydrogen (secondary N) is 1. The molecule has 2 aromatic heterocycles. The molecule has 8 nitrogen and oxygen atoms in total. The molecule has 144 valence electrons. The molecule has 0 fully saturated rings. The van der Waals surface area contributed by atoms with Gasteiger partial charge in [0.1, 0.15) is 0 Å². The summed E-state index contributed by atoms with van der Waals surface area (Å²) < 4.78 is 10.5. The molecule has 1 amide bonds.